The average Bonchev–Trinajstić information content (AvgIpc) is 3.30. The first kappa shape index (κ1) is 14.8. The van der Waals surface area contributed by atoms with Crippen LogP contribution in [-0.4, -0.2) is 38.8 Å². The lowest BCUT2D eigenvalue weighted by atomic mass is 10.1. The van der Waals surface area contributed by atoms with Gasteiger partial charge in [-0.3, -0.25) is 4.79 Å². The molecule has 1 aromatic carbocycles. The van der Waals surface area contributed by atoms with Crippen molar-refractivity contribution in [1.29, 1.82) is 0 Å². The second kappa shape index (κ2) is 7.26. The van der Waals surface area contributed by atoms with Gasteiger partial charge in [0.05, 0.1) is 6.61 Å². The summed E-state index contributed by atoms with van der Waals surface area (Å²) in [5.74, 6) is 1.13. The van der Waals surface area contributed by atoms with Gasteiger partial charge in [-0.1, -0.05) is 6.07 Å². The third-order valence-corrected chi connectivity index (χ3v) is 3.41. The molecule has 110 valence electrons. The van der Waals surface area contributed by atoms with Crippen LogP contribution in [0.4, 0.5) is 0 Å². The Labute approximate surface area is 119 Å². The smallest absolute Gasteiger partial charge is 0.251 e. The normalized spacial score (nSPS) is 15.7. The van der Waals surface area contributed by atoms with Gasteiger partial charge in [0.15, 0.2) is 0 Å². The average molecular weight is 278 g/mol. The van der Waals surface area contributed by atoms with E-state index in [1.165, 1.54) is 0 Å². The van der Waals surface area contributed by atoms with Crippen molar-refractivity contribution in [2.45, 2.75) is 18.9 Å². The van der Waals surface area contributed by atoms with Crippen molar-refractivity contribution in [1.82, 2.24) is 5.32 Å². The van der Waals surface area contributed by atoms with E-state index in [1.807, 2.05) is 12.1 Å². The van der Waals surface area contributed by atoms with Gasteiger partial charge in [-0.05, 0) is 37.0 Å². The number of ether oxygens (including phenoxy) is 2. The third-order valence-electron chi connectivity index (χ3n) is 3.41. The van der Waals surface area contributed by atoms with E-state index in [0.29, 0.717) is 37.0 Å². The number of nitrogens with two attached hydrogens (primary N) is 1. The van der Waals surface area contributed by atoms with Crippen molar-refractivity contribution in [3.63, 3.8) is 0 Å². The molecular weight excluding hydrogens is 256 g/mol. The van der Waals surface area contributed by atoms with Gasteiger partial charge in [0, 0.05) is 25.3 Å². The summed E-state index contributed by atoms with van der Waals surface area (Å²) in [6, 6.07) is 7.24. The minimum atomic E-state index is -0.0930. The first-order chi connectivity index (χ1) is 9.74. The van der Waals surface area contributed by atoms with E-state index < -0.39 is 0 Å². The Kier molecular flexibility index (Phi) is 5.38. The van der Waals surface area contributed by atoms with Crippen molar-refractivity contribution in [2.75, 3.05) is 26.9 Å². The van der Waals surface area contributed by atoms with Crippen LogP contribution >= 0.6 is 0 Å². The molecule has 0 heterocycles. The number of amides is 1. The van der Waals surface area contributed by atoms with Crippen LogP contribution in [-0.2, 0) is 4.74 Å². The van der Waals surface area contributed by atoms with Gasteiger partial charge in [-0.25, -0.2) is 0 Å². The van der Waals surface area contributed by atoms with Crippen LogP contribution in [0, 0.1) is 5.92 Å². The van der Waals surface area contributed by atoms with Crippen LogP contribution in [0.3, 0.4) is 0 Å². The van der Waals surface area contributed by atoms with Crippen LogP contribution in [0.25, 0.3) is 0 Å². The number of nitrogens with one attached hydrogen (secondary N) is 1. The van der Waals surface area contributed by atoms with Crippen molar-refractivity contribution in [2.24, 2.45) is 11.7 Å². The number of carbonyl (C=O) groups is 1. The molecule has 5 nitrogen and oxygen atoms in total. The van der Waals surface area contributed by atoms with Crippen molar-refractivity contribution in [3.05, 3.63) is 29.8 Å². The van der Waals surface area contributed by atoms with E-state index in [0.717, 1.165) is 12.8 Å². The largest absolute Gasteiger partial charge is 0.491 e. The topological polar surface area (TPSA) is 73.6 Å². The molecule has 5 heteroatoms. The van der Waals surface area contributed by atoms with Gasteiger partial charge < -0.3 is 20.5 Å². The van der Waals surface area contributed by atoms with Gasteiger partial charge in [0.1, 0.15) is 12.4 Å². The fourth-order valence-corrected chi connectivity index (χ4v) is 2.09. The summed E-state index contributed by atoms with van der Waals surface area (Å²) in [6.07, 6.45) is 2.31. The minimum absolute atomic E-state index is 0.0839. The minimum Gasteiger partial charge on any atom is -0.491 e. The number of benzene rings is 1. The molecule has 0 bridgehead atoms. The third kappa shape index (κ3) is 4.21. The molecule has 3 N–H and O–H groups in total. The van der Waals surface area contributed by atoms with Gasteiger partial charge in [-0.2, -0.15) is 0 Å². The molecule has 2 rings (SSSR count). The Hall–Kier alpha value is -1.59. The molecule has 1 aliphatic rings. The fraction of sp³-hybridized carbons (Fsp3) is 0.533. The Balaban J connectivity index is 1.93. The lowest BCUT2D eigenvalue weighted by Crippen LogP contribution is -2.41. The number of rotatable bonds is 8. The quantitative estimate of drug-likeness (QED) is 0.700. The highest BCUT2D eigenvalue weighted by atomic mass is 16.5. The Morgan fingerprint density at radius 1 is 1.45 bits per heavy atom. The van der Waals surface area contributed by atoms with Crippen LogP contribution in [0.2, 0.25) is 0 Å². The van der Waals surface area contributed by atoms with Gasteiger partial charge in [0.25, 0.3) is 5.91 Å². The molecule has 0 spiro atoms. The van der Waals surface area contributed by atoms with E-state index in [-0.39, 0.29) is 11.9 Å². The molecule has 0 aromatic heterocycles. The first-order valence-electron chi connectivity index (χ1n) is 6.97. The molecule has 1 amide bonds. The first-order valence-corrected chi connectivity index (χ1v) is 6.97. The molecular formula is C15H22N2O3. The SMILES string of the molecule is COCCOc1cccc(C(=O)NC(CN)C2CC2)c1. The highest BCUT2D eigenvalue weighted by Gasteiger charge is 2.31. The Morgan fingerprint density at radius 2 is 2.25 bits per heavy atom. The fourth-order valence-electron chi connectivity index (χ4n) is 2.09. The van der Waals surface area contributed by atoms with Gasteiger partial charge in [0.2, 0.25) is 0 Å². The monoisotopic (exact) mass is 278 g/mol. The lowest BCUT2D eigenvalue weighted by Gasteiger charge is -2.16. The summed E-state index contributed by atoms with van der Waals surface area (Å²) in [4.78, 5) is 12.2. The standard InChI is InChI=1S/C15H22N2O3/c1-19-7-8-20-13-4-2-3-12(9-13)15(18)17-14(10-16)11-5-6-11/h2-4,9,11,14H,5-8,10,16H2,1H3,(H,17,18). The molecule has 0 radical (unpaired) electrons. The number of hydrogen-bond acceptors (Lipinski definition) is 4. The Morgan fingerprint density at radius 3 is 2.90 bits per heavy atom. The number of methoxy groups -OCH3 is 1. The predicted molar refractivity (Wildman–Crippen MR) is 76.8 cm³/mol. The molecule has 1 atom stereocenters. The molecule has 1 saturated carbocycles. The number of hydrogen-bond donors (Lipinski definition) is 2. The van der Waals surface area contributed by atoms with E-state index in [2.05, 4.69) is 5.32 Å². The summed E-state index contributed by atoms with van der Waals surface area (Å²) < 4.78 is 10.4. The highest BCUT2D eigenvalue weighted by Crippen LogP contribution is 2.32. The number of carbonyl (C=O) groups excluding carboxylic acids is 1. The summed E-state index contributed by atoms with van der Waals surface area (Å²) in [6.45, 7) is 1.48. The summed E-state index contributed by atoms with van der Waals surface area (Å²) in [7, 11) is 1.62. The molecule has 20 heavy (non-hydrogen) atoms. The van der Waals surface area contributed by atoms with Crippen LogP contribution in [0.15, 0.2) is 24.3 Å². The molecule has 1 unspecified atom stereocenters. The van der Waals surface area contributed by atoms with Crippen LogP contribution in [0.1, 0.15) is 23.2 Å². The summed E-state index contributed by atoms with van der Waals surface area (Å²) in [5.41, 5.74) is 6.29. The second-order valence-corrected chi connectivity index (χ2v) is 5.02. The Bertz CT molecular complexity index is 446. The summed E-state index contributed by atoms with van der Waals surface area (Å²) in [5, 5.41) is 3.00. The van der Waals surface area contributed by atoms with E-state index in [1.54, 1.807) is 19.2 Å². The maximum absolute atomic E-state index is 12.2. The zero-order valence-electron chi connectivity index (χ0n) is 11.8. The molecule has 0 aliphatic heterocycles. The van der Waals surface area contributed by atoms with Crippen molar-refractivity contribution in [3.8, 4) is 5.75 Å². The maximum atomic E-state index is 12.2. The van der Waals surface area contributed by atoms with E-state index >= 15 is 0 Å². The highest BCUT2D eigenvalue weighted by molar-refractivity contribution is 5.94. The lowest BCUT2D eigenvalue weighted by molar-refractivity contribution is 0.0932. The van der Waals surface area contributed by atoms with Crippen molar-refractivity contribution >= 4 is 5.91 Å². The van der Waals surface area contributed by atoms with Crippen molar-refractivity contribution < 1.29 is 14.3 Å². The van der Waals surface area contributed by atoms with Gasteiger partial charge >= 0.3 is 0 Å². The predicted octanol–water partition coefficient (Wildman–Crippen LogP) is 1.18. The van der Waals surface area contributed by atoms with E-state index in [9.17, 15) is 4.79 Å². The van der Waals surface area contributed by atoms with E-state index in [4.69, 9.17) is 15.2 Å². The summed E-state index contributed by atoms with van der Waals surface area (Å²) >= 11 is 0. The van der Waals surface area contributed by atoms with Crippen LogP contribution < -0.4 is 15.8 Å². The maximum Gasteiger partial charge on any atom is 0.251 e. The zero-order chi connectivity index (χ0) is 14.4. The molecule has 1 fully saturated rings. The molecule has 1 aliphatic carbocycles. The molecule has 0 saturated heterocycles. The molecule has 1 aromatic rings. The second-order valence-electron chi connectivity index (χ2n) is 5.02. The van der Waals surface area contributed by atoms with Crippen LogP contribution in [0.5, 0.6) is 5.75 Å². The van der Waals surface area contributed by atoms with Gasteiger partial charge in [-0.15, -0.1) is 0 Å². The zero-order valence-corrected chi connectivity index (χ0v) is 11.8.